The summed E-state index contributed by atoms with van der Waals surface area (Å²) in [5, 5.41) is 20.7. The van der Waals surface area contributed by atoms with Crippen LogP contribution in [-0.2, 0) is 4.79 Å². The van der Waals surface area contributed by atoms with Crippen molar-refractivity contribution in [2.75, 3.05) is 0 Å². The van der Waals surface area contributed by atoms with Crippen molar-refractivity contribution in [3.05, 3.63) is 105 Å². The number of hydrogen-bond acceptors (Lipinski definition) is 5. The van der Waals surface area contributed by atoms with Crippen LogP contribution < -0.4 is 10.7 Å². The van der Waals surface area contributed by atoms with Crippen LogP contribution in [0.5, 0.6) is 5.75 Å². The Hall–Kier alpha value is -3.94. The number of nitrogens with one attached hydrogen (secondary N) is 2. The number of halogens is 1. The van der Waals surface area contributed by atoms with E-state index in [9.17, 15) is 14.7 Å². The van der Waals surface area contributed by atoms with Crippen LogP contribution in [0.1, 0.15) is 20.8 Å². The number of carbonyl (C=O) groups is 2. The Labute approximate surface area is 198 Å². The van der Waals surface area contributed by atoms with Crippen LogP contribution in [0.4, 0.5) is 0 Å². The fraction of sp³-hybridized carbons (Fsp3) is 0. The highest BCUT2D eigenvalue weighted by atomic mass is 35.5. The molecule has 0 aliphatic carbocycles. The third kappa shape index (κ3) is 5.28. The smallest absolute Gasteiger partial charge is 0.287 e. The number of aromatic hydroxyl groups is 1. The van der Waals surface area contributed by atoms with Gasteiger partial charge in [-0.2, -0.15) is 5.10 Å². The van der Waals surface area contributed by atoms with Crippen molar-refractivity contribution in [2.24, 2.45) is 5.10 Å². The summed E-state index contributed by atoms with van der Waals surface area (Å²) in [7, 11) is 0. The zero-order chi connectivity index (χ0) is 23.2. The first kappa shape index (κ1) is 22.3. The minimum Gasteiger partial charge on any atom is -0.507 e. The lowest BCUT2D eigenvalue weighted by Crippen LogP contribution is -2.33. The van der Waals surface area contributed by atoms with Gasteiger partial charge in [-0.25, -0.2) is 5.43 Å². The lowest BCUT2D eigenvalue weighted by Gasteiger charge is -2.10. The molecule has 164 valence electrons. The molecule has 33 heavy (non-hydrogen) atoms. The highest BCUT2D eigenvalue weighted by Gasteiger charge is 2.16. The lowest BCUT2D eigenvalue weighted by molar-refractivity contribution is -0.117. The summed E-state index contributed by atoms with van der Waals surface area (Å²) in [6, 6.07) is 21.1. The number of thiophene rings is 1. The third-order valence-electron chi connectivity index (χ3n) is 4.75. The predicted octanol–water partition coefficient (Wildman–Crippen LogP) is 5.18. The predicted molar refractivity (Wildman–Crippen MR) is 133 cm³/mol. The van der Waals surface area contributed by atoms with Gasteiger partial charge in [0.2, 0.25) is 0 Å². The van der Waals surface area contributed by atoms with Crippen molar-refractivity contribution >= 4 is 57.8 Å². The molecule has 0 aliphatic heterocycles. The van der Waals surface area contributed by atoms with Crippen LogP contribution >= 0.6 is 22.9 Å². The molecule has 6 nitrogen and oxygen atoms in total. The van der Waals surface area contributed by atoms with E-state index in [1.165, 1.54) is 17.6 Å². The first-order valence-electron chi connectivity index (χ1n) is 9.88. The SMILES string of the molecule is O=C(NN=Cc1c(O)ccc2ccccc12)/C(=C\c1cccs1)NC(=O)c1ccccc1Cl. The van der Waals surface area contributed by atoms with E-state index in [1.54, 1.807) is 42.5 Å². The van der Waals surface area contributed by atoms with Gasteiger partial charge in [-0.05, 0) is 46.5 Å². The number of phenolic OH excluding ortho intramolecular Hbond substituents is 1. The van der Waals surface area contributed by atoms with E-state index in [0.717, 1.165) is 15.6 Å². The quantitative estimate of drug-likeness (QED) is 0.204. The fourth-order valence-corrected chi connectivity index (χ4v) is 4.02. The summed E-state index contributed by atoms with van der Waals surface area (Å²) in [6.07, 6.45) is 2.92. The van der Waals surface area contributed by atoms with E-state index in [4.69, 9.17) is 11.6 Å². The number of fused-ring (bicyclic) bond motifs is 1. The van der Waals surface area contributed by atoms with Gasteiger partial charge in [-0.1, -0.05) is 60.1 Å². The zero-order valence-electron chi connectivity index (χ0n) is 17.2. The van der Waals surface area contributed by atoms with E-state index in [-0.39, 0.29) is 22.0 Å². The first-order chi connectivity index (χ1) is 16.0. The molecule has 3 aromatic carbocycles. The molecular weight excluding hydrogens is 458 g/mol. The molecule has 1 heterocycles. The summed E-state index contributed by atoms with van der Waals surface area (Å²) < 4.78 is 0. The Morgan fingerprint density at radius 3 is 2.55 bits per heavy atom. The van der Waals surface area contributed by atoms with Gasteiger partial charge in [0.05, 0.1) is 16.8 Å². The van der Waals surface area contributed by atoms with Crippen LogP contribution in [-0.4, -0.2) is 23.1 Å². The molecule has 8 heteroatoms. The van der Waals surface area contributed by atoms with Gasteiger partial charge in [-0.3, -0.25) is 9.59 Å². The largest absolute Gasteiger partial charge is 0.507 e. The number of amides is 2. The van der Waals surface area contributed by atoms with E-state index >= 15 is 0 Å². The Balaban J connectivity index is 1.57. The molecule has 1 aromatic heterocycles. The van der Waals surface area contributed by atoms with Crippen molar-refractivity contribution in [3.8, 4) is 5.75 Å². The molecular formula is C25H18ClN3O3S. The van der Waals surface area contributed by atoms with Crippen molar-refractivity contribution in [1.29, 1.82) is 0 Å². The van der Waals surface area contributed by atoms with Crippen LogP contribution in [0, 0.1) is 0 Å². The molecule has 0 unspecified atom stereocenters. The molecule has 0 saturated heterocycles. The second-order valence-corrected chi connectivity index (χ2v) is 8.31. The molecule has 0 spiro atoms. The normalized spacial score (nSPS) is 11.6. The summed E-state index contributed by atoms with van der Waals surface area (Å²) in [5.74, 6) is -1.11. The molecule has 0 fully saturated rings. The van der Waals surface area contributed by atoms with Gasteiger partial charge in [-0.15, -0.1) is 11.3 Å². The van der Waals surface area contributed by atoms with E-state index < -0.39 is 11.8 Å². The standard InChI is InChI=1S/C25H18ClN3O3S/c26-21-10-4-3-9-19(21)24(31)28-22(14-17-7-5-13-33-17)25(32)29-27-15-20-18-8-2-1-6-16(18)11-12-23(20)30/h1-15,30H,(H,28,31)(H,29,32)/b22-14+,27-15?. The number of carbonyl (C=O) groups excluding carboxylic acids is 2. The molecule has 4 rings (SSSR count). The average Bonchev–Trinajstić information content (AvgIpc) is 3.33. The van der Waals surface area contributed by atoms with Crippen molar-refractivity contribution in [1.82, 2.24) is 10.7 Å². The molecule has 0 atom stereocenters. The summed E-state index contributed by atoms with van der Waals surface area (Å²) in [4.78, 5) is 26.3. The maximum atomic E-state index is 12.9. The van der Waals surface area contributed by atoms with E-state index in [1.807, 2.05) is 41.8 Å². The molecule has 0 radical (unpaired) electrons. The number of phenols is 1. The van der Waals surface area contributed by atoms with Crippen LogP contribution in [0.3, 0.4) is 0 Å². The average molecular weight is 476 g/mol. The van der Waals surface area contributed by atoms with E-state index in [0.29, 0.717) is 5.56 Å². The fourth-order valence-electron chi connectivity index (χ4n) is 3.14. The highest BCUT2D eigenvalue weighted by molar-refractivity contribution is 7.10. The maximum absolute atomic E-state index is 12.9. The van der Waals surface area contributed by atoms with E-state index in [2.05, 4.69) is 15.8 Å². The second kappa shape index (κ2) is 10.1. The Bertz CT molecular complexity index is 1380. The van der Waals surface area contributed by atoms with Gasteiger partial charge in [0.15, 0.2) is 0 Å². The molecule has 3 N–H and O–H groups in total. The summed E-state index contributed by atoms with van der Waals surface area (Å²) >= 11 is 7.53. The molecule has 0 bridgehead atoms. The molecule has 2 amide bonds. The van der Waals surface area contributed by atoms with Crippen LogP contribution in [0.15, 0.2) is 89.0 Å². The number of nitrogens with zero attached hydrogens (tertiary/aromatic N) is 1. The number of hydrogen-bond donors (Lipinski definition) is 3. The van der Waals surface area contributed by atoms with Crippen molar-refractivity contribution in [2.45, 2.75) is 0 Å². The topological polar surface area (TPSA) is 90.8 Å². The minimum atomic E-state index is -0.625. The van der Waals surface area contributed by atoms with Crippen molar-refractivity contribution < 1.29 is 14.7 Å². The number of rotatable bonds is 6. The van der Waals surface area contributed by atoms with Gasteiger partial charge >= 0.3 is 0 Å². The Morgan fingerprint density at radius 2 is 1.76 bits per heavy atom. The molecule has 0 aliphatic rings. The van der Waals surface area contributed by atoms with Crippen LogP contribution in [0.2, 0.25) is 5.02 Å². The highest BCUT2D eigenvalue weighted by Crippen LogP contribution is 2.25. The molecule has 4 aromatic rings. The van der Waals surface area contributed by atoms with Gasteiger partial charge in [0, 0.05) is 10.4 Å². The van der Waals surface area contributed by atoms with Gasteiger partial charge in [0.25, 0.3) is 11.8 Å². The number of hydrazone groups is 1. The van der Waals surface area contributed by atoms with Gasteiger partial charge < -0.3 is 10.4 Å². The number of benzene rings is 3. The summed E-state index contributed by atoms with van der Waals surface area (Å²) in [5.41, 5.74) is 3.13. The monoisotopic (exact) mass is 475 g/mol. The zero-order valence-corrected chi connectivity index (χ0v) is 18.7. The Morgan fingerprint density at radius 1 is 0.970 bits per heavy atom. The molecule has 0 saturated carbocycles. The first-order valence-corrected chi connectivity index (χ1v) is 11.1. The van der Waals surface area contributed by atoms with Crippen molar-refractivity contribution in [3.63, 3.8) is 0 Å². The lowest BCUT2D eigenvalue weighted by atomic mass is 10.0. The summed E-state index contributed by atoms with van der Waals surface area (Å²) in [6.45, 7) is 0. The maximum Gasteiger partial charge on any atom is 0.287 e. The van der Waals surface area contributed by atoms with Gasteiger partial charge in [0.1, 0.15) is 11.4 Å². The Kier molecular flexibility index (Phi) is 6.83. The second-order valence-electron chi connectivity index (χ2n) is 6.93. The third-order valence-corrected chi connectivity index (χ3v) is 5.90. The van der Waals surface area contributed by atoms with Crippen LogP contribution in [0.25, 0.3) is 16.8 Å². The minimum absolute atomic E-state index is 0.00154.